The molecule has 0 radical (unpaired) electrons. The van der Waals surface area contributed by atoms with Crippen molar-refractivity contribution < 1.29 is 22.9 Å². The van der Waals surface area contributed by atoms with E-state index in [1.807, 2.05) is 18.2 Å². The fourth-order valence-electron chi connectivity index (χ4n) is 2.52. The number of ether oxygens (including phenoxy) is 1. The third kappa shape index (κ3) is 5.48. The summed E-state index contributed by atoms with van der Waals surface area (Å²) in [6.07, 6.45) is 0.833. The molecule has 0 bridgehead atoms. The van der Waals surface area contributed by atoms with Crippen LogP contribution in [0.15, 0.2) is 53.4 Å². The Morgan fingerprint density at radius 1 is 1.16 bits per heavy atom. The van der Waals surface area contributed by atoms with E-state index in [-0.39, 0.29) is 23.3 Å². The van der Waals surface area contributed by atoms with Crippen molar-refractivity contribution in [3.8, 4) is 0 Å². The van der Waals surface area contributed by atoms with Crippen molar-refractivity contribution in [1.82, 2.24) is 15.0 Å². The first kappa shape index (κ1) is 21.6. The molecule has 3 N–H and O–H groups in total. The second-order valence-corrected chi connectivity index (χ2v) is 8.20. The number of nitrogens with zero attached hydrogens (tertiary/aromatic N) is 4. The average Bonchev–Trinajstić information content (AvgIpc) is 2.71. The molecule has 0 aliphatic rings. The molecule has 0 aliphatic heterocycles. The zero-order valence-corrected chi connectivity index (χ0v) is 16.9. The van der Waals surface area contributed by atoms with E-state index in [0.29, 0.717) is 5.69 Å². The number of benzene rings is 2. The minimum atomic E-state index is -3.85. The van der Waals surface area contributed by atoms with Gasteiger partial charge in [-0.2, -0.15) is 15.0 Å². The topological polar surface area (TPSA) is 180 Å². The van der Waals surface area contributed by atoms with Crippen molar-refractivity contribution in [3.63, 3.8) is 0 Å². The molecule has 2 aromatic carbocycles. The van der Waals surface area contributed by atoms with E-state index in [1.165, 1.54) is 0 Å². The molecule has 3 rings (SSSR count). The molecule has 1 aromatic heterocycles. The van der Waals surface area contributed by atoms with Gasteiger partial charge in [0.15, 0.2) is 22.3 Å². The van der Waals surface area contributed by atoms with Crippen LogP contribution in [0.5, 0.6) is 0 Å². The van der Waals surface area contributed by atoms with Crippen molar-refractivity contribution in [2.75, 3.05) is 17.3 Å². The molecule has 160 valence electrons. The SMILES string of the molecule is CS(=O)(=O)c1ccc(C(=O)OCc2nc(N)nc(Nc3ccccc3)n2)cc1[N+](=O)[O-]. The third-order valence-electron chi connectivity index (χ3n) is 3.85. The molecule has 13 heteroatoms. The molecule has 0 amide bonds. The largest absolute Gasteiger partial charge is 0.454 e. The normalized spacial score (nSPS) is 11.0. The van der Waals surface area contributed by atoms with Crippen LogP contribution in [0.25, 0.3) is 0 Å². The Balaban J connectivity index is 1.76. The summed E-state index contributed by atoms with van der Waals surface area (Å²) in [5.74, 6) is -0.855. The van der Waals surface area contributed by atoms with E-state index in [9.17, 15) is 23.3 Å². The van der Waals surface area contributed by atoms with Crippen LogP contribution in [-0.4, -0.2) is 40.5 Å². The van der Waals surface area contributed by atoms with Gasteiger partial charge in [-0.3, -0.25) is 10.1 Å². The van der Waals surface area contributed by atoms with Gasteiger partial charge in [0.05, 0.1) is 10.5 Å². The lowest BCUT2D eigenvalue weighted by atomic mass is 10.2. The third-order valence-corrected chi connectivity index (χ3v) is 5.00. The Kier molecular flexibility index (Phi) is 6.06. The van der Waals surface area contributed by atoms with Gasteiger partial charge >= 0.3 is 5.97 Å². The Labute approximate surface area is 176 Å². The summed E-state index contributed by atoms with van der Waals surface area (Å²) >= 11 is 0. The van der Waals surface area contributed by atoms with Crippen LogP contribution in [0.1, 0.15) is 16.2 Å². The van der Waals surface area contributed by atoms with Gasteiger partial charge in [0.2, 0.25) is 11.9 Å². The number of nitrogen functional groups attached to an aromatic ring is 1. The first-order chi connectivity index (χ1) is 14.6. The number of para-hydroxylation sites is 1. The average molecular weight is 444 g/mol. The molecule has 0 unspecified atom stereocenters. The summed E-state index contributed by atoms with van der Waals surface area (Å²) in [6, 6.07) is 12.0. The molecule has 1 heterocycles. The van der Waals surface area contributed by atoms with Crippen molar-refractivity contribution >= 4 is 39.1 Å². The van der Waals surface area contributed by atoms with Crippen LogP contribution in [0.2, 0.25) is 0 Å². The number of nitro benzene ring substituents is 1. The summed E-state index contributed by atoms with van der Waals surface area (Å²) < 4.78 is 28.5. The zero-order chi connectivity index (χ0) is 22.6. The number of carbonyl (C=O) groups is 1. The molecular weight excluding hydrogens is 428 g/mol. The van der Waals surface area contributed by atoms with Crippen LogP contribution in [-0.2, 0) is 21.2 Å². The second-order valence-electron chi connectivity index (χ2n) is 6.21. The Hall–Kier alpha value is -4.13. The summed E-state index contributed by atoms with van der Waals surface area (Å²) in [5.41, 5.74) is 5.44. The number of nitrogens with two attached hydrogens (primary N) is 1. The maximum atomic E-state index is 12.3. The van der Waals surface area contributed by atoms with Gasteiger partial charge in [0.1, 0.15) is 4.90 Å². The fraction of sp³-hybridized carbons (Fsp3) is 0.111. The van der Waals surface area contributed by atoms with E-state index in [4.69, 9.17) is 10.5 Å². The predicted octanol–water partition coefficient (Wildman–Crippen LogP) is 1.87. The quantitative estimate of drug-likeness (QED) is 0.308. The van der Waals surface area contributed by atoms with Gasteiger partial charge in [0.25, 0.3) is 5.69 Å². The maximum Gasteiger partial charge on any atom is 0.338 e. The van der Waals surface area contributed by atoms with Crippen molar-refractivity contribution in [2.45, 2.75) is 11.5 Å². The van der Waals surface area contributed by atoms with Gasteiger partial charge < -0.3 is 15.8 Å². The highest BCUT2D eigenvalue weighted by Crippen LogP contribution is 2.25. The van der Waals surface area contributed by atoms with Crippen molar-refractivity contribution in [2.24, 2.45) is 0 Å². The van der Waals surface area contributed by atoms with Crippen molar-refractivity contribution in [3.05, 3.63) is 70.0 Å². The smallest absolute Gasteiger partial charge is 0.338 e. The molecule has 0 spiro atoms. The summed E-state index contributed by atoms with van der Waals surface area (Å²) in [5, 5.41) is 14.1. The molecule has 0 fully saturated rings. The fourth-order valence-corrected chi connectivity index (χ4v) is 3.35. The van der Waals surface area contributed by atoms with E-state index in [0.717, 1.165) is 24.5 Å². The Morgan fingerprint density at radius 2 is 1.87 bits per heavy atom. The van der Waals surface area contributed by atoms with Crippen LogP contribution >= 0.6 is 0 Å². The number of rotatable bonds is 7. The summed E-state index contributed by atoms with van der Waals surface area (Å²) in [7, 11) is -3.85. The van der Waals surface area contributed by atoms with Crippen LogP contribution in [0, 0.1) is 10.1 Å². The molecule has 31 heavy (non-hydrogen) atoms. The molecule has 0 aliphatic carbocycles. The van der Waals surface area contributed by atoms with Crippen LogP contribution in [0.3, 0.4) is 0 Å². The van der Waals surface area contributed by atoms with E-state index < -0.39 is 37.9 Å². The van der Waals surface area contributed by atoms with E-state index in [2.05, 4.69) is 20.3 Å². The van der Waals surface area contributed by atoms with Crippen LogP contribution < -0.4 is 11.1 Å². The number of nitro groups is 1. The Morgan fingerprint density at radius 3 is 2.52 bits per heavy atom. The highest BCUT2D eigenvalue weighted by atomic mass is 32.2. The van der Waals surface area contributed by atoms with Crippen LogP contribution in [0.4, 0.5) is 23.3 Å². The van der Waals surface area contributed by atoms with Gasteiger partial charge in [-0.15, -0.1) is 0 Å². The molecule has 3 aromatic rings. The minimum Gasteiger partial charge on any atom is -0.454 e. The molecular formula is C18H16N6O6S. The zero-order valence-electron chi connectivity index (χ0n) is 16.0. The standard InChI is InChI=1S/C18H16N6O6S/c1-31(28,29)14-8-7-11(9-13(14)24(26)27)16(25)30-10-15-21-17(19)23-18(22-15)20-12-5-3-2-4-6-12/h2-9H,10H2,1H3,(H3,19,20,21,22,23). The lowest BCUT2D eigenvalue weighted by molar-refractivity contribution is -0.387. The number of esters is 1. The van der Waals surface area contributed by atoms with E-state index >= 15 is 0 Å². The van der Waals surface area contributed by atoms with Gasteiger partial charge in [-0.25, -0.2) is 13.2 Å². The minimum absolute atomic E-state index is 0.0431. The molecule has 0 saturated carbocycles. The first-order valence-electron chi connectivity index (χ1n) is 8.61. The number of nitrogens with one attached hydrogen (secondary N) is 1. The number of sulfone groups is 1. The number of carbonyl (C=O) groups excluding carboxylic acids is 1. The summed E-state index contributed by atoms with van der Waals surface area (Å²) in [4.78, 5) is 34.0. The number of aromatic nitrogens is 3. The van der Waals surface area contributed by atoms with Gasteiger partial charge in [0, 0.05) is 18.0 Å². The maximum absolute atomic E-state index is 12.3. The highest BCUT2D eigenvalue weighted by Gasteiger charge is 2.24. The van der Waals surface area contributed by atoms with Gasteiger partial charge in [-0.1, -0.05) is 18.2 Å². The second kappa shape index (κ2) is 8.71. The highest BCUT2D eigenvalue weighted by molar-refractivity contribution is 7.90. The molecule has 0 atom stereocenters. The Bertz CT molecular complexity index is 1250. The van der Waals surface area contributed by atoms with Gasteiger partial charge in [-0.05, 0) is 24.3 Å². The monoisotopic (exact) mass is 444 g/mol. The number of anilines is 3. The molecule has 12 nitrogen and oxygen atoms in total. The first-order valence-corrected chi connectivity index (χ1v) is 10.5. The summed E-state index contributed by atoms with van der Waals surface area (Å²) in [6.45, 7) is -0.392. The number of hydrogen-bond donors (Lipinski definition) is 2. The van der Waals surface area contributed by atoms with E-state index in [1.54, 1.807) is 12.1 Å². The lowest BCUT2D eigenvalue weighted by Crippen LogP contribution is -2.12. The predicted molar refractivity (Wildman–Crippen MR) is 109 cm³/mol. The molecule has 0 saturated heterocycles. The number of hydrogen-bond acceptors (Lipinski definition) is 11. The lowest BCUT2D eigenvalue weighted by Gasteiger charge is -2.08. The van der Waals surface area contributed by atoms with Crippen molar-refractivity contribution in [1.29, 1.82) is 0 Å².